The second kappa shape index (κ2) is 7.56. The smallest absolute Gasteiger partial charge is 0.328 e. The molecule has 0 atom stereocenters. The molecule has 0 aromatic heterocycles. The van der Waals surface area contributed by atoms with E-state index in [0.29, 0.717) is 5.57 Å². The van der Waals surface area contributed by atoms with Crippen molar-refractivity contribution in [2.75, 3.05) is 0 Å². The average molecular weight is 338 g/mol. The van der Waals surface area contributed by atoms with E-state index in [-0.39, 0.29) is 0 Å². The standard InChI is InChI=1S/C22H26O3/c1-6-17-10-11-20-18(13-17)14-19(22(4,5)25-20)16(3)9-7-8-15(2)12-21(23)24/h7-14H,6H2,1-5H3,(H,23,24). The van der Waals surface area contributed by atoms with Gasteiger partial charge in [-0.05, 0) is 74.6 Å². The van der Waals surface area contributed by atoms with Gasteiger partial charge in [-0.3, -0.25) is 0 Å². The van der Waals surface area contributed by atoms with Gasteiger partial charge in [-0.2, -0.15) is 0 Å². The van der Waals surface area contributed by atoms with E-state index < -0.39 is 11.6 Å². The van der Waals surface area contributed by atoms with E-state index in [1.165, 1.54) is 11.6 Å². The summed E-state index contributed by atoms with van der Waals surface area (Å²) < 4.78 is 6.21. The third-order valence-corrected chi connectivity index (χ3v) is 4.28. The lowest BCUT2D eigenvalue weighted by Crippen LogP contribution is -2.33. The summed E-state index contributed by atoms with van der Waals surface area (Å²) in [4.78, 5) is 10.7. The van der Waals surface area contributed by atoms with E-state index in [1.807, 2.05) is 25.1 Å². The zero-order valence-corrected chi connectivity index (χ0v) is 15.6. The van der Waals surface area contributed by atoms with Crippen molar-refractivity contribution in [3.63, 3.8) is 0 Å². The molecule has 132 valence electrons. The predicted octanol–water partition coefficient (Wildman–Crippen LogP) is 5.34. The third-order valence-electron chi connectivity index (χ3n) is 4.28. The molecule has 3 nitrogen and oxygen atoms in total. The maximum Gasteiger partial charge on any atom is 0.328 e. The normalized spacial score (nSPS) is 17.1. The fourth-order valence-corrected chi connectivity index (χ4v) is 2.95. The van der Waals surface area contributed by atoms with Crippen molar-refractivity contribution in [2.24, 2.45) is 0 Å². The van der Waals surface area contributed by atoms with Gasteiger partial charge in [0, 0.05) is 11.6 Å². The second-order valence-electron chi connectivity index (χ2n) is 6.83. The van der Waals surface area contributed by atoms with Gasteiger partial charge >= 0.3 is 5.97 Å². The van der Waals surface area contributed by atoms with E-state index in [0.717, 1.165) is 28.9 Å². The number of hydrogen-bond acceptors (Lipinski definition) is 2. The summed E-state index contributed by atoms with van der Waals surface area (Å²) >= 11 is 0. The maximum absolute atomic E-state index is 10.7. The number of rotatable bonds is 5. The number of aryl methyl sites for hydroxylation is 1. The van der Waals surface area contributed by atoms with E-state index in [2.05, 4.69) is 39.0 Å². The van der Waals surface area contributed by atoms with Crippen LogP contribution in [-0.2, 0) is 11.2 Å². The Balaban J connectivity index is 2.34. The van der Waals surface area contributed by atoms with Crippen LogP contribution in [0.1, 0.15) is 45.7 Å². The first-order valence-corrected chi connectivity index (χ1v) is 8.53. The van der Waals surface area contributed by atoms with Gasteiger partial charge < -0.3 is 9.84 Å². The van der Waals surface area contributed by atoms with Gasteiger partial charge in [0.05, 0.1) is 0 Å². The van der Waals surface area contributed by atoms with Crippen molar-refractivity contribution in [1.82, 2.24) is 0 Å². The molecule has 0 spiro atoms. The average Bonchev–Trinajstić information content (AvgIpc) is 2.52. The summed E-state index contributed by atoms with van der Waals surface area (Å²) in [5, 5.41) is 8.75. The van der Waals surface area contributed by atoms with Crippen LogP contribution in [0.25, 0.3) is 6.08 Å². The molecule has 1 aliphatic rings. The quantitative estimate of drug-likeness (QED) is 0.582. The van der Waals surface area contributed by atoms with Crippen molar-refractivity contribution in [1.29, 1.82) is 0 Å². The van der Waals surface area contributed by atoms with Gasteiger partial charge in [-0.25, -0.2) is 4.79 Å². The van der Waals surface area contributed by atoms with Gasteiger partial charge in [-0.15, -0.1) is 0 Å². The molecule has 2 rings (SSSR count). The first-order chi connectivity index (χ1) is 11.7. The highest BCUT2D eigenvalue weighted by atomic mass is 16.5. The molecule has 25 heavy (non-hydrogen) atoms. The highest BCUT2D eigenvalue weighted by Gasteiger charge is 2.30. The molecular weight excluding hydrogens is 312 g/mol. The lowest BCUT2D eigenvalue weighted by molar-refractivity contribution is -0.131. The molecule has 1 heterocycles. The van der Waals surface area contributed by atoms with Crippen LogP contribution in [0.5, 0.6) is 5.75 Å². The second-order valence-corrected chi connectivity index (χ2v) is 6.83. The molecule has 0 saturated heterocycles. The molecule has 0 fully saturated rings. The van der Waals surface area contributed by atoms with Crippen LogP contribution in [0, 0.1) is 0 Å². The van der Waals surface area contributed by atoms with Gasteiger partial charge in [0.25, 0.3) is 0 Å². The molecular formula is C22H26O3. The molecule has 0 bridgehead atoms. The van der Waals surface area contributed by atoms with Crippen LogP contribution in [0.2, 0.25) is 0 Å². The molecule has 0 aliphatic carbocycles. The largest absolute Gasteiger partial charge is 0.483 e. The summed E-state index contributed by atoms with van der Waals surface area (Å²) in [5.41, 5.74) is 4.89. The number of benzene rings is 1. The lowest BCUT2D eigenvalue weighted by Gasteiger charge is -2.34. The first kappa shape index (κ1) is 18.8. The fourth-order valence-electron chi connectivity index (χ4n) is 2.95. The van der Waals surface area contributed by atoms with Crippen molar-refractivity contribution in [2.45, 2.75) is 46.6 Å². The van der Waals surface area contributed by atoms with E-state index >= 15 is 0 Å². The number of allylic oxidation sites excluding steroid dienone is 4. The van der Waals surface area contributed by atoms with Crippen LogP contribution < -0.4 is 4.74 Å². The van der Waals surface area contributed by atoms with Crippen LogP contribution >= 0.6 is 0 Å². The number of carboxylic acid groups (broad SMARTS) is 1. The highest BCUT2D eigenvalue weighted by Crippen LogP contribution is 2.39. The molecule has 0 amide bonds. The summed E-state index contributed by atoms with van der Waals surface area (Å²) in [6.07, 6.45) is 10.0. The van der Waals surface area contributed by atoms with Gasteiger partial charge in [-0.1, -0.05) is 31.2 Å². The van der Waals surface area contributed by atoms with Gasteiger partial charge in [0.15, 0.2) is 0 Å². The van der Waals surface area contributed by atoms with Crippen molar-refractivity contribution in [3.05, 3.63) is 70.3 Å². The third kappa shape index (κ3) is 4.72. The predicted molar refractivity (Wildman–Crippen MR) is 103 cm³/mol. The SMILES string of the molecule is CCc1ccc2c(c1)C=C(C(C)=CC=CC(C)=CC(=O)O)C(C)(C)O2. The van der Waals surface area contributed by atoms with Gasteiger partial charge in [0.1, 0.15) is 11.4 Å². The Kier molecular flexibility index (Phi) is 5.68. The minimum absolute atomic E-state index is 0.416. The lowest BCUT2D eigenvalue weighted by atomic mass is 9.87. The van der Waals surface area contributed by atoms with Crippen LogP contribution in [0.3, 0.4) is 0 Å². The monoisotopic (exact) mass is 338 g/mol. The molecule has 1 N–H and O–H groups in total. The minimum Gasteiger partial charge on any atom is -0.483 e. The van der Waals surface area contributed by atoms with E-state index in [9.17, 15) is 4.79 Å². The van der Waals surface area contributed by atoms with E-state index in [4.69, 9.17) is 9.84 Å². The molecule has 0 radical (unpaired) electrons. The zero-order chi connectivity index (χ0) is 18.6. The molecule has 0 saturated carbocycles. The molecule has 0 unspecified atom stereocenters. The Morgan fingerprint density at radius 2 is 2.00 bits per heavy atom. The zero-order valence-electron chi connectivity index (χ0n) is 15.6. The topological polar surface area (TPSA) is 46.5 Å². The summed E-state index contributed by atoms with van der Waals surface area (Å²) in [7, 11) is 0. The summed E-state index contributed by atoms with van der Waals surface area (Å²) in [5.74, 6) is -0.0229. The van der Waals surface area contributed by atoms with Gasteiger partial charge in [0.2, 0.25) is 0 Å². The number of ether oxygens (including phenoxy) is 1. The number of fused-ring (bicyclic) bond motifs is 1. The van der Waals surface area contributed by atoms with Crippen molar-refractivity contribution >= 4 is 12.0 Å². The van der Waals surface area contributed by atoms with Crippen molar-refractivity contribution < 1.29 is 14.6 Å². The van der Waals surface area contributed by atoms with Crippen LogP contribution in [0.4, 0.5) is 0 Å². The molecule has 1 aliphatic heterocycles. The maximum atomic E-state index is 10.7. The Morgan fingerprint density at radius 3 is 2.64 bits per heavy atom. The number of carbonyl (C=O) groups is 1. The minimum atomic E-state index is -0.935. The highest BCUT2D eigenvalue weighted by molar-refractivity contribution is 5.81. The Labute approximate surface area is 150 Å². The Morgan fingerprint density at radius 1 is 1.28 bits per heavy atom. The molecule has 1 aromatic rings. The molecule has 3 heteroatoms. The number of aliphatic carboxylic acids is 1. The van der Waals surface area contributed by atoms with Crippen LogP contribution in [-0.4, -0.2) is 16.7 Å². The first-order valence-electron chi connectivity index (χ1n) is 8.53. The summed E-state index contributed by atoms with van der Waals surface area (Å²) in [6, 6.07) is 6.33. The summed E-state index contributed by atoms with van der Waals surface area (Å²) in [6.45, 7) is 10.1. The van der Waals surface area contributed by atoms with Crippen molar-refractivity contribution in [3.8, 4) is 5.75 Å². The van der Waals surface area contributed by atoms with Crippen LogP contribution in [0.15, 0.2) is 59.2 Å². The fraction of sp³-hybridized carbons (Fsp3) is 0.318. The molecule has 1 aromatic carbocycles. The number of hydrogen-bond donors (Lipinski definition) is 1. The number of carboxylic acids is 1. The Hall–Kier alpha value is -2.55. The Bertz CT molecular complexity index is 789. The van der Waals surface area contributed by atoms with E-state index in [1.54, 1.807) is 13.0 Å².